The highest BCUT2D eigenvalue weighted by Gasteiger charge is 2.39. The molecule has 9 nitrogen and oxygen atoms in total. The minimum Gasteiger partial charge on any atom is -0.478 e. The predicted molar refractivity (Wildman–Crippen MR) is 151 cm³/mol. The molecule has 4 heterocycles. The van der Waals surface area contributed by atoms with Crippen LogP contribution in [0.3, 0.4) is 0 Å². The number of thiazole rings is 1. The number of rotatable bonds is 7. The topological polar surface area (TPSA) is 117 Å². The number of anilines is 1. The molecular formula is C28H23ClF5N5O4S. The Morgan fingerprint density at radius 3 is 2.55 bits per heavy atom. The van der Waals surface area contributed by atoms with Gasteiger partial charge in [-0.15, -0.1) is 11.3 Å². The number of aromatic carboxylic acids is 1. The molecular weight excluding hydrogens is 633 g/mol. The van der Waals surface area contributed by atoms with Crippen LogP contribution in [-0.4, -0.2) is 52.5 Å². The van der Waals surface area contributed by atoms with Gasteiger partial charge in [-0.2, -0.15) is 13.2 Å². The van der Waals surface area contributed by atoms with Crippen molar-refractivity contribution in [1.82, 2.24) is 15.3 Å². The molecule has 2 aromatic heterocycles. The van der Waals surface area contributed by atoms with Crippen molar-refractivity contribution < 1.29 is 41.4 Å². The van der Waals surface area contributed by atoms with Gasteiger partial charge in [0.25, 0.3) is 0 Å². The molecule has 3 aromatic rings. The second-order valence-corrected chi connectivity index (χ2v) is 11.1. The molecule has 5 rings (SSSR count). The number of ether oxygens (including phenoxy) is 1. The Bertz CT molecular complexity index is 1660. The van der Waals surface area contributed by atoms with E-state index in [0.29, 0.717) is 29.7 Å². The molecule has 1 fully saturated rings. The summed E-state index contributed by atoms with van der Waals surface area (Å²) in [6, 6.07) is 1.84. The van der Waals surface area contributed by atoms with Crippen molar-refractivity contribution in [2.75, 3.05) is 24.6 Å². The summed E-state index contributed by atoms with van der Waals surface area (Å²) < 4.78 is 73.9. The number of halogens is 6. The molecule has 0 aliphatic carbocycles. The molecule has 1 unspecified atom stereocenters. The number of alkyl halides is 3. The highest BCUT2D eigenvalue weighted by molar-refractivity contribution is 7.11. The van der Waals surface area contributed by atoms with Crippen LogP contribution in [0.15, 0.2) is 52.2 Å². The van der Waals surface area contributed by atoms with Crippen LogP contribution in [0, 0.1) is 17.6 Å². The maximum Gasteiger partial charge on any atom is 0.418 e. The Balaban J connectivity index is 1.52. The van der Waals surface area contributed by atoms with Gasteiger partial charge in [0.2, 0.25) is 0 Å². The molecule has 232 valence electrons. The summed E-state index contributed by atoms with van der Waals surface area (Å²) in [4.78, 5) is 39.4. The fourth-order valence-electron chi connectivity index (χ4n) is 5.16. The van der Waals surface area contributed by atoms with Gasteiger partial charge in [-0.1, -0.05) is 17.7 Å². The fourth-order valence-corrected chi connectivity index (χ4v) is 6.01. The first-order valence-corrected chi connectivity index (χ1v) is 14.5. The Labute approximate surface area is 256 Å². The number of carboxylic acids is 1. The SMILES string of the molecule is CCOC(=O)C1=C(C2CCN(c3cc(C(=O)O)c(C(F)(F)F)cn3)CC2)NC(c2nccs2)=NC1c1ccc(F)c(F)c1Cl. The predicted octanol–water partition coefficient (Wildman–Crippen LogP) is 6.01. The molecule has 0 amide bonds. The number of aliphatic imine (C=N–C) groups is 1. The van der Waals surface area contributed by atoms with Crippen molar-refractivity contribution >= 4 is 46.5 Å². The van der Waals surface area contributed by atoms with Crippen LogP contribution >= 0.6 is 22.9 Å². The lowest BCUT2D eigenvalue weighted by Crippen LogP contribution is -2.42. The summed E-state index contributed by atoms with van der Waals surface area (Å²) in [5.74, 6) is -4.99. The zero-order valence-corrected chi connectivity index (χ0v) is 24.4. The normalized spacial score (nSPS) is 17.8. The van der Waals surface area contributed by atoms with Gasteiger partial charge in [0.15, 0.2) is 22.5 Å². The average Bonchev–Trinajstić information content (AvgIpc) is 3.54. The third-order valence-electron chi connectivity index (χ3n) is 7.22. The summed E-state index contributed by atoms with van der Waals surface area (Å²) in [5.41, 5.74) is -1.79. The molecule has 2 N–H and O–H groups in total. The number of nitrogens with zero attached hydrogens (tertiary/aromatic N) is 4. The minimum atomic E-state index is -4.89. The Hall–Kier alpha value is -4.11. The number of amidine groups is 1. The van der Waals surface area contributed by atoms with E-state index in [1.165, 1.54) is 17.4 Å². The van der Waals surface area contributed by atoms with Gasteiger partial charge < -0.3 is 20.1 Å². The molecule has 0 radical (unpaired) electrons. The monoisotopic (exact) mass is 655 g/mol. The molecule has 0 saturated carbocycles. The number of piperidine rings is 1. The number of carbonyl (C=O) groups excluding carboxylic acids is 1. The number of hydrogen-bond donors (Lipinski definition) is 2. The fraction of sp³-hybridized carbons (Fsp3) is 0.321. The molecule has 1 atom stereocenters. The summed E-state index contributed by atoms with van der Waals surface area (Å²) >= 11 is 7.48. The second kappa shape index (κ2) is 12.5. The number of aromatic nitrogens is 2. The lowest BCUT2D eigenvalue weighted by Gasteiger charge is -2.37. The molecule has 44 heavy (non-hydrogen) atoms. The maximum absolute atomic E-state index is 14.6. The van der Waals surface area contributed by atoms with Crippen LogP contribution < -0.4 is 10.2 Å². The van der Waals surface area contributed by atoms with Gasteiger partial charge in [-0.25, -0.2) is 28.3 Å². The summed E-state index contributed by atoms with van der Waals surface area (Å²) in [5, 5.41) is 14.2. The first kappa shape index (κ1) is 31.3. The maximum atomic E-state index is 14.6. The zero-order chi connectivity index (χ0) is 31.8. The number of carboxylic acid groups (broad SMARTS) is 1. The third-order valence-corrected chi connectivity index (χ3v) is 8.38. The van der Waals surface area contributed by atoms with Crippen LogP contribution in [0.1, 0.15) is 52.3 Å². The van der Waals surface area contributed by atoms with Crippen LogP contribution in [0.2, 0.25) is 5.02 Å². The number of nitrogens with one attached hydrogen (secondary N) is 1. The first-order valence-electron chi connectivity index (χ1n) is 13.2. The third kappa shape index (κ3) is 6.11. The first-order chi connectivity index (χ1) is 20.9. The van der Waals surface area contributed by atoms with E-state index in [9.17, 15) is 36.6 Å². The van der Waals surface area contributed by atoms with Crippen LogP contribution in [0.5, 0.6) is 0 Å². The minimum absolute atomic E-state index is 0.0147. The van der Waals surface area contributed by atoms with Crippen molar-refractivity contribution in [3.8, 4) is 0 Å². The number of carbonyl (C=O) groups is 2. The largest absolute Gasteiger partial charge is 0.478 e. The summed E-state index contributed by atoms with van der Waals surface area (Å²) in [7, 11) is 0. The van der Waals surface area contributed by atoms with E-state index in [4.69, 9.17) is 16.3 Å². The van der Waals surface area contributed by atoms with Crippen molar-refractivity contribution in [2.24, 2.45) is 10.9 Å². The van der Waals surface area contributed by atoms with E-state index in [0.717, 1.165) is 12.1 Å². The Morgan fingerprint density at radius 1 is 1.20 bits per heavy atom. The van der Waals surface area contributed by atoms with E-state index in [1.807, 2.05) is 0 Å². The molecule has 1 saturated heterocycles. The van der Waals surface area contributed by atoms with Gasteiger partial charge in [0, 0.05) is 48.0 Å². The van der Waals surface area contributed by atoms with Crippen LogP contribution in [0.4, 0.5) is 27.8 Å². The quantitative estimate of drug-likeness (QED) is 0.181. The van der Waals surface area contributed by atoms with Crippen molar-refractivity contribution in [1.29, 1.82) is 0 Å². The van der Waals surface area contributed by atoms with Crippen LogP contribution in [0.25, 0.3) is 0 Å². The van der Waals surface area contributed by atoms with Gasteiger partial charge in [-0.3, -0.25) is 4.99 Å². The second-order valence-electron chi connectivity index (χ2n) is 9.81. The van der Waals surface area contributed by atoms with Gasteiger partial charge in [0.1, 0.15) is 11.9 Å². The van der Waals surface area contributed by atoms with E-state index in [1.54, 1.807) is 23.4 Å². The Morgan fingerprint density at radius 2 is 1.93 bits per heavy atom. The molecule has 1 aromatic carbocycles. The van der Waals surface area contributed by atoms with E-state index >= 15 is 0 Å². The highest BCUT2D eigenvalue weighted by Crippen LogP contribution is 2.41. The lowest BCUT2D eigenvalue weighted by molar-refractivity contribution is -0.139. The van der Waals surface area contributed by atoms with Crippen LogP contribution in [-0.2, 0) is 15.7 Å². The highest BCUT2D eigenvalue weighted by atomic mass is 35.5. The van der Waals surface area contributed by atoms with Gasteiger partial charge in [0.05, 0.1) is 28.3 Å². The van der Waals surface area contributed by atoms with E-state index < -0.39 is 51.9 Å². The van der Waals surface area contributed by atoms with E-state index in [-0.39, 0.29) is 48.4 Å². The number of benzene rings is 1. The smallest absolute Gasteiger partial charge is 0.418 e. The molecule has 2 aliphatic rings. The zero-order valence-electron chi connectivity index (χ0n) is 22.8. The molecule has 0 bridgehead atoms. The number of allylic oxidation sites excluding steroid dienone is 1. The number of hydrogen-bond acceptors (Lipinski definition) is 9. The van der Waals surface area contributed by atoms with Gasteiger partial charge in [-0.05, 0) is 31.9 Å². The van der Waals surface area contributed by atoms with Crippen molar-refractivity contribution in [2.45, 2.75) is 32.0 Å². The molecule has 0 spiro atoms. The number of esters is 1. The summed E-state index contributed by atoms with van der Waals surface area (Å²) in [6.07, 6.45) is -2.14. The molecule has 16 heteroatoms. The van der Waals surface area contributed by atoms with Crippen molar-refractivity contribution in [3.63, 3.8) is 0 Å². The van der Waals surface area contributed by atoms with Gasteiger partial charge >= 0.3 is 18.1 Å². The number of pyridine rings is 1. The van der Waals surface area contributed by atoms with Crippen molar-refractivity contribution in [3.05, 3.63) is 85.6 Å². The van der Waals surface area contributed by atoms with E-state index in [2.05, 4.69) is 20.3 Å². The summed E-state index contributed by atoms with van der Waals surface area (Å²) in [6.45, 7) is 2.10. The standard InChI is InChI=1S/C28H23ClF5N5O4S/c1-2-43-27(42)19-22(13-5-8-39(9-6-13)18-11-15(26(40)41)16(12-36-18)28(32,33)34)37-24(25-35-7-10-44-25)38-23(19)14-3-4-17(30)21(31)20(14)29/h3-4,7,10-13,23H,2,5-6,8-9H2,1H3,(H,37,38)(H,40,41). The molecule has 2 aliphatic heterocycles. The Kier molecular flexibility index (Phi) is 8.88. The average molecular weight is 656 g/mol. The lowest BCUT2D eigenvalue weighted by atomic mass is 9.85.